The van der Waals surface area contributed by atoms with E-state index >= 15 is 0 Å². The first-order valence-corrected chi connectivity index (χ1v) is 37.5. The van der Waals surface area contributed by atoms with Gasteiger partial charge in [-0.3, -0.25) is 18.6 Å². The number of hydrogen-bond acceptors (Lipinski definition) is 8. The maximum Gasteiger partial charge on any atom is 0.472 e. The van der Waals surface area contributed by atoms with Crippen LogP contribution in [0.25, 0.3) is 0 Å². The van der Waals surface area contributed by atoms with Crippen LogP contribution in [0.1, 0.15) is 296 Å². The molecule has 0 spiro atoms. The van der Waals surface area contributed by atoms with Crippen LogP contribution in [-0.2, 0) is 32.7 Å². The predicted octanol–water partition coefficient (Wildman–Crippen LogP) is 24.0. The van der Waals surface area contributed by atoms with Gasteiger partial charge in [-0.05, 0) is 122 Å². The second-order valence-electron chi connectivity index (χ2n) is 23.3. The third-order valence-corrected chi connectivity index (χ3v) is 15.9. The monoisotopic (exact) mass is 1250 g/mol. The minimum absolute atomic E-state index is 0.0462. The highest BCUT2D eigenvalue weighted by molar-refractivity contribution is 7.47. The molecule has 0 saturated heterocycles. The van der Waals surface area contributed by atoms with Gasteiger partial charge in [0.15, 0.2) is 6.10 Å². The number of phosphoric ester groups is 1. The summed E-state index contributed by atoms with van der Waals surface area (Å²) >= 11 is 0. The van der Waals surface area contributed by atoms with Crippen LogP contribution < -0.4 is 5.73 Å². The van der Waals surface area contributed by atoms with Crippen LogP contribution in [0.3, 0.4) is 0 Å². The first-order valence-electron chi connectivity index (χ1n) is 36.0. The average Bonchev–Trinajstić information content (AvgIpc) is 3.68. The summed E-state index contributed by atoms with van der Waals surface area (Å²) in [7, 11) is -4.41. The maximum absolute atomic E-state index is 12.8. The van der Waals surface area contributed by atoms with Crippen molar-refractivity contribution in [3.05, 3.63) is 158 Å². The highest BCUT2D eigenvalue weighted by atomic mass is 31.2. The highest BCUT2D eigenvalue weighted by Gasteiger charge is 2.26. The number of carbonyl (C=O) groups is 2. The van der Waals surface area contributed by atoms with Crippen LogP contribution in [0, 0.1) is 0 Å². The Kier molecular flexibility index (Phi) is 69.1. The van der Waals surface area contributed by atoms with Gasteiger partial charge in [0.05, 0.1) is 13.2 Å². The number of phosphoric acid groups is 1. The molecule has 0 aliphatic heterocycles. The predicted molar refractivity (Wildman–Crippen MR) is 385 cm³/mol. The molecule has 0 heterocycles. The summed E-state index contributed by atoms with van der Waals surface area (Å²) in [6, 6.07) is 0. The second-order valence-corrected chi connectivity index (χ2v) is 24.8. The molecular formula is C79H132NO8P. The number of nitrogens with two attached hydrogens (primary N) is 1. The van der Waals surface area contributed by atoms with Crippen molar-refractivity contribution in [2.75, 3.05) is 26.4 Å². The lowest BCUT2D eigenvalue weighted by molar-refractivity contribution is -0.161. The van der Waals surface area contributed by atoms with Crippen molar-refractivity contribution < 1.29 is 37.6 Å². The van der Waals surface area contributed by atoms with E-state index in [1.54, 1.807) is 0 Å². The lowest BCUT2D eigenvalue weighted by atomic mass is 10.0. The van der Waals surface area contributed by atoms with E-state index < -0.39 is 26.5 Å². The number of rotatable bonds is 66. The number of allylic oxidation sites excluding steroid dienone is 26. The molecular weight excluding hydrogens is 1120 g/mol. The van der Waals surface area contributed by atoms with Crippen LogP contribution in [0.2, 0.25) is 0 Å². The van der Waals surface area contributed by atoms with Crippen molar-refractivity contribution in [2.45, 2.75) is 302 Å². The minimum Gasteiger partial charge on any atom is -0.462 e. The van der Waals surface area contributed by atoms with E-state index in [1.807, 2.05) is 0 Å². The van der Waals surface area contributed by atoms with Crippen molar-refractivity contribution in [1.29, 1.82) is 0 Å². The third kappa shape index (κ3) is 72.6. The van der Waals surface area contributed by atoms with Gasteiger partial charge in [0.25, 0.3) is 0 Å². The van der Waals surface area contributed by atoms with Crippen LogP contribution in [0.4, 0.5) is 0 Å². The van der Waals surface area contributed by atoms with Gasteiger partial charge in [-0.25, -0.2) is 4.57 Å². The van der Waals surface area contributed by atoms with E-state index in [9.17, 15) is 19.0 Å². The van der Waals surface area contributed by atoms with Crippen molar-refractivity contribution in [2.24, 2.45) is 5.73 Å². The molecule has 0 saturated carbocycles. The van der Waals surface area contributed by atoms with Gasteiger partial charge in [0, 0.05) is 19.4 Å². The lowest BCUT2D eigenvalue weighted by Gasteiger charge is -2.19. The molecule has 0 fully saturated rings. The minimum atomic E-state index is -4.41. The molecule has 0 radical (unpaired) electrons. The fourth-order valence-corrected chi connectivity index (χ4v) is 10.4. The Labute approximate surface area is 547 Å². The number of hydrogen-bond donors (Lipinski definition) is 2. The molecule has 0 bridgehead atoms. The van der Waals surface area contributed by atoms with E-state index in [1.165, 1.54) is 135 Å². The zero-order valence-corrected chi connectivity index (χ0v) is 57.8. The van der Waals surface area contributed by atoms with Crippen molar-refractivity contribution in [1.82, 2.24) is 0 Å². The maximum atomic E-state index is 12.8. The molecule has 2 unspecified atom stereocenters. The largest absolute Gasteiger partial charge is 0.472 e. The summed E-state index contributed by atoms with van der Waals surface area (Å²) in [5, 5.41) is 0. The third-order valence-electron chi connectivity index (χ3n) is 14.9. The lowest BCUT2D eigenvalue weighted by Crippen LogP contribution is -2.29. The summed E-state index contributed by atoms with van der Waals surface area (Å²) in [6.45, 7) is 3.52. The van der Waals surface area contributed by atoms with E-state index in [0.29, 0.717) is 6.42 Å². The SMILES string of the molecule is CC/C=C\C/C=C\C/C=C\C/C=C\C/C=C\C/C=C\C/C=C\C/C=C\C/C=C\CCCCCCCCCCCC(=O)OC(COC(=O)CCCCCCCCCCCCCCCCCCCC/C=C\C/C=C\C/C=C\C/C=C\CC)COP(=O)(O)OCCN. The molecule has 89 heavy (non-hydrogen) atoms. The normalized spacial score (nSPS) is 13.9. The molecule has 506 valence electrons. The first-order chi connectivity index (χ1) is 43.8. The summed E-state index contributed by atoms with van der Waals surface area (Å²) in [4.78, 5) is 35.4. The summed E-state index contributed by atoms with van der Waals surface area (Å²) in [5.41, 5.74) is 5.40. The molecule has 0 aliphatic carbocycles. The fourth-order valence-electron chi connectivity index (χ4n) is 9.68. The molecule has 0 aromatic heterocycles. The summed E-state index contributed by atoms with van der Waals surface area (Å²) in [6.07, 6.45) is 106. The molecule has 0 rings (SSSR count). The molecule has 2 atom stereocenters. The Morgan fingerprint density at radius 2 is 0.584 bits per heavy atom. The number of esters is 2. The van der Waals surface area contributed by atoms with E-state index in [-0.39, 0.29) is 38.6 Å². The smallest absolute Gasteiger partial charge is 0.462 e. The van der Waals surface area contributed by atoms with E-state index in [2.05, 4.69) is 172 Å². The van der Waals surface area contributed by atoms with Gasteiger partial charge in [-0.2, -0.15) is 0 Å². The van der Waals surface area contributed by atoms with Gasteiger partial charge in [-0.15, -0.1) is 0 Å². The van der Waals surface area contributed by atoms with E-state index in [4.69, 9.17) is 24.3 Å². The van der Waals surface area contributed by atoms with Gasteiger partial charge >= 0.3 is 19.8 Å². The standard InChI is InChI=1S/C79H132NO8P/c1-3-5-7-9-11-13-15-17-19-21-23-25-27-29-31-33-35-36-37-38-39-40-42-44-46-48-50-52-54-56-58-60-62-64-66-68-70-72-79(82)88-77(76-87-89(83,84)86-74-73-80)75-85-78(81)71-69-67-65-63-61-59-57-55-53-51-49-47-45-43-41-34-32-30-28-26-24-22-20-18-16-14-12-10-8-6-4-2/h5-8,11-14,17-20,23-26,29,31,35-36,38-39,42,44,48,50,77H,3-4,9-10,15-16,21-22,27-28,30,32-34,37,40-41,43,45-47,49,51-76,80H2,1-2H3,(H,83,84)/b7-5-,8-6-,13-11-,14-12-,19-17-,20-18-,25-23-,26-24-,31-29-,36-35-,39-38-,44-42-,50-48-. The average molecular weight is 1250 g/mol. The molecule has 0 amide bonds. The van der Waals surface area contributed by atoms with Crippen molar-refractivity contribution in [3.63, 3.8) is 0 Å². The number of ether oxygens (including phenoxy) is 2. The fraction of sp³-hybridized carbons (Fsp3) is 0.646. The quantitative estimate of drug-likeness (QED) is 0.0264. The first kappa shape index (κ1) is 84.6. The topological polar surface area (TPSA) is 134 Å². The zero-order valence-electron chi connectivity index (χ0n) is 56.9. The molecule has 0 aliphatic rings. The Balaban J connectivity index is 3.93. The second kappa shape index (κ2) is 72.7. The van der Waals surface area contributed by atoms with Gasteiger partial charge in [0.1, 0.15) is 6.61 Å². The summed E-state index contributed by atoms with van der Waals surface area (Å²) in [5.74, 6) is -0.835. The Morgan fingerprint density at radius 1 is 0.337 bits per heavy atom. The van der Waals surface area contributed by atoms with Crippen LogP contribution in [-0.4, -0.2) is 49.3 Å². The molecule has 10 heteroatoms. The molecule has 3 N–H and O–H groups in total. The van der Waals surface area contributed by atoms with Crippen molar-refractivity contribution >= 4 is 19.8 Å². The van der Waals surface area contributed by atoms with Crippen LogP contribution in [0.5, 0.6) is 0 Å². The van der Waals surface area contributed by atoms with Gasteiger partial charge < -0.3 is 20.1 Å². The van der Waals surface area contributed by atoms with Crippen molar-refractivity contribution in [3.8, 4) is 0 Å². The van der Waals surface area contributed by atoms with Gasteiger partial charge in [-0.1, -0.05) is 320 Å². The van der Waals surface area contributed by atoms with Crippen LogP contribution in [0.15, 0.2) is 158 Å². The Hall–Kier alpha value is -4.37. The number of unbranched alkanes of at least 4 members (excludes halogenated alkanes) is 27. The molecule has 0 aromatic carbocycles. The molecule has 9 nitrogen and oxygen atoms in total. The Bertz CT molecular complexity index is 2020. The van der Waals surface area contributed by atoms with E-state index in [0.717, 1.165) is 128 Å². The summed E-state index contributed by atoms with van der Waals surface area (Å²) < 4.78 is 33.2. The molecule has 0 aromatic rings. The number of carbonyl (C=O) groups excluding carboxylic acids is 2. The van der Waals surface area contributed by atoms with Crippen LogP contribution >= 0.6 is 7.82 Å². The Morgan fingerprint density at radius 3 is 0.865 bits per heavy atom. The highest BCUT2D eigenvalue weighted by Crippen LogP contribution is 2.43. The van der Waals surface area contributed by atoms with Gasteiger partial charge in [0.2, 0.25) is 0 Å². The zero-order chi connectivity index (χ0) is 64.4.